The van der Waals surface area contributed by atoms with E-state index in [2.05, 4.69) is 93.5 Å². The SMILES string of the molecule is CCC1(CC)Cc2cc3c(cc2C1)[C]([Hf][C]1(C)C(C)=C(C)C(C)=C1C)(C(C)(C)C)C=C3. The van der Waals surface area contributed by atoms with Crippen LogP contribution < -0.4 is 0 Å². The van der Waals surface area contributed by atoms with Gasteiger partial charge in [-0.25, -0.2) is 0 Å². The molecule has 0 bridgehead atoms. The zero-order valence-corrected chi connectivity index (χ0v) is 25.2. The van der Waals surface area contributed by atoms with Crippen LogP contribution in [0.4, 0.5) is 0 Å². The Morgan fingerprint density at radius 3 is 1.87 bits per heavy atom. The summed E-state index contributed by atoms with van der Waals surface area (Å²) in [5.74, 6) is 0. The normalized spacial score (nSPS) is 26.0. The molecule has 0 aromatic heterocycles. The van der Waals surface area contributed by atoms with E-state index in [4.69, 9.17) is 0 Å². The molecule has 0 heterocycles. The maximum atomic E-state index is 2.69. The average Bonchev–Trinajstić information content (AvgIpc) is 3.31. The molecule has 1 unspecified atom stereocenters. The molecular weight excluding hydrogens is 539 g/mol. The van der Waals surface area contributed by atoms with Crippen LogP contribution >= 0.6 is 0 Å². The molecule has 0 amide bonds. The van der Waals surface area contributed by atoms with Gasteiger partial charge in [0.05, 0.1) is 0 Å². The molecule has 1 aromatic carbocycles. The van der Waals surface area contributed by atoms with Crippen molar-refractivity contribution in [3.8, 4) is 0 Å². The van der Waals surface area contributed by atoms with Gasteiger partial charge in [0.2, 0.25) is 0 Å². The summed E-state index contributed by atoms with van der Waals surface area (Å²) in [6.07, 6.45) is 10.3. The first-order valence-corrected chi connectivity index (χ1v) is 15.9. The molecule has 1 aromatic rings. The van der Waals surface area contributed by atoms with Gasteiger partial charge in [0.1, 0.15) is 0 Å². The first kappa shape index (κ1) is 23.5. The second kappa shape index (κ2) is 7.41. The van der Waals surface area contributed by atoms with E-state index in [9.17, 15) is 0 Å². The molecule has 0 radical (unpaired) electrons. The summed E-state index contributed by atoms with van der Waals surface area (Å²) in [5, 5.41) is 0. The van der Waals surface area contributed by atoms with Crippen LogP contribution in [0.1, 0.15) is 104 Å². The molecule has 4 rings (SSSR count). The summed E-state index contributed by atoms with van der Waals surface area (Å²) in [4.78, 5) is 0. The monoisotopic (exact) mass is 582 g/mol. The van der Waals surface area contributed by atoms with Gasteiger partial charge in [0.15, 0.2) is 0 Å². The molecule has 31 heavy (non-hydrogen) atoms. The average molecular weight is 581 g/mol. The Morgan fingerprint density at radius 1 is 0.871 bits per heavy atom. The van der Waals surface area contributed by atoms with E-state index >= 15 is 0 Å². The maximum absolute atomic E-state index is 2.69. The third-order valence-corrected chi connectivity index (χ3v) is 19.9. The molecule has 0 N–H and O–H groups in total. The predicted molar refractivity (Wildman–Crippen MR) is 132 cm³/mol. The Balaban J connectivity index is 1.85. The van der Waals surface area contributed by atoms with Crippen molar-refractivity contribution < 1.29 is 22.9 Å². The van der Waals surface area contributed by atoms with E-state index in [-0.39, 0.29) is 8.59 Å². The molecule has 166 valence electrons. The van der Waals surface area contributed by atoms with Gasteiger partial charge in [-0.3, -0.25) is 0 Å². The number of hydrogen-bond donors (Lipinski definition) is 0. The van der Waals surface area contributed by atoms with E-state index in [0.29, 0.717) is 8.59 Å². The quantitative estimate of drug-likeness (QED) is 0.312. The van der Waals surface area contributed by atoms with Crippen LogP contribution in [0, 0.1) is 10.8 Å². The standard InChI is InChI=1S/C20H27.C10H15.Hf/c1-6-20(7-2)12-15-10-14-8-9-18(19(3,4)5)17(14)11-16(15)13-20;1-6-7(2)9(4)10(5)8(6)3;/h8-11H,6-7,12-13H2,1-5H3;1-5H3;. The number of fused-ring (bicyclic) bond motifs is 2. The number of rotatable bonds is 4. The second-order valence-electron chi connectivity index (χ2n) is 11.9. The van der Waals surface area contributed by atoms with Gasteiger partial charge in [-0.1, -0.05) is 0 Å². The molecule has 0 saturated heterocycles. The predicted octanol–water partition coefficient (Wildman–Crippen LogP) is 8.81. The van der Waals surface area contributed by atoms with Crippen molar-refractivity contribution in [2.75, 3.05) is 0 Å². The van der Waals surface area contributed by atoms with Gasteiger partial charge in [0, 0.05) is 0 Å². The van der Waals surface area contributed by atoms with Crippen molar-refractivity contribution >= 4 is 6.08 Å². The fraction of sp³-hybridized carbons (Fsp3) is 0.600. The van der Waals surface area contributed by atoms with Crippen molar-refractivity contribution in [3.05, 3.63) is 62.8 Å². The summed E-state index contributed by atoms with van der Waals surface area (Å²) in [6.45, 7) is 24.5. The molecule has 0 fully saturated rings. The van der Waals surface area contributed by atoms with Crippen LogP contribution in [0.5, 0.6) is 0 Å². The first-order valence-electron chi connectivity index (χ1n) is 12.4. The van der Waals surface area contributed by atoms with Gasteiger partial charge >= 0.3 is 204 Å². The third-order valence-electron chi connectivity index (χ3n) is 9.76. The van der Waals surface area contributed by atoms with E-state index in [0.717, 1.165) is 0 Å². The topological polar surface area (TPSA) is 0 Å². The van der Waals surface area contributed by atoms with Gasteiger partial charge in [0.25, 0.3) is 0 Å². The van der Waals surface area contributed by atoms with E-state index in [1.54, 1.807) is 39.0 Å². The van der Waals surface area contributed by atoms with E-state index in [1.807, 2.05) is 0 Å². The van der Waals surface area contributed by atoms with Crippen molar-refractivity contribution in [1.82, 2.24) is 0 Å². The summed E-state index contributed by atoms with van der Waals surface area (Å²) in [5.41, 5.74) is 13.7. The van der Waals surface area contributed by atoms with Crippen molar-refractivity contribution in [2.24, 2.45) is 10.8 Å². The minimum atomic E-state index is -1.26. The van der Waals surface area contributed by atoms with Crippen LogP contribution in [0.25, 0.3) is 6.08 Å². The molecule has 3 aliphatic carbocycles. The number of allylic oxidation sites excluding steroid dienone is 5. The summed E-state index contributed by atoms with van der Waals surface area (Å²) < 4.78 is 0.576. The Hall–Kier alpha value is -0.690. The Morgan fingerprint density at radius 2 is 1.39 bits per heavy atom. The van der Waals surface area contributed by atoms with Crippen LogP contribution in [0.2, 0.25) is 3.17 Å². The number of hydrogen-bond acceptors (Lipinski definition) is 0. The van der Waals surface area contributed by atoms with Gasteiger partial charge in [-0.05, 0) is 0 Å². The summed E-state index contributed by atoms with van der Waals surface area (Å²) in [7, 11) is 0. The van der Waals surface area contributed by atoms with E-state index in [1.165, 1.54) is 31.2 Å². The van der Waals surface area contributed by atoms with Gasteiger partial charge in [-0.15, -0.1) is 0 Å². The van der Waals surface area contributed by atoms with Crippen LogP contribution in [0.15, 0.2) is 40.5 Å². The Bertz CT molecular complexity index is 995. The molecule has 0 nitrogen and oxygen atoms in total. The first-order chi connectivity index (χ1) is 14.3. The molecule has 0 saturated carbocycles. The minimum absolute atomic E-state index is 0.241. The van der Waals surface area contributed by atoms with Crippen LogP contribution in [-0.4, -0.2) is 0 Å². The molecule has 1 atom stereocenters. The Labute approximate surface area is 203 Å². The zero-order chi connectivity index (χ0) is 23.0. The molecule has 0 spiro atoms. The third kappa shape index (κ3) is 3.23. The Kier molecular flexibility index (Phi) is 5.61. The molecule has 3 aliphatic rings. The van der Waals surface area contributed by atoms with Crippen LogP contribution in [0.3, 0.4) is 0 Å². The molecule has 0 aliphatic heterocycles. The fourth-order valence-corrected chi connectivity index (χ4v) is 15.3. The molecule has 1 heteroatoms. The zero-order valence-electron chi connectivity index (χ0n) is 21.6. The van der Waals surface area contributed by atoms with Gasteiger partial charge < -0.3 is 0 Å². The van der Waals surface area contributed by atoms with Crippen molar-refractivity contribution in [3.63, 3.8) is 0 Å². The van der Waals surface area contributed by atoms with Crippen molar-refractivity contribution in [1.29, 1.82) is 0 Å². The number of benzene rings is 1. The second-order valence-corrected chi connectivity index (χ2v) is 19.2. The van der Waals surface area contributed by atoms with E-state index < -0.39 is 22.9 Å². The summed E-state index contributed by atoms with van der Waals surface area (Å²) in [6, 6.07) is 5.27. The molecular formula is C30H42Hf. The van der Waals surface area contributed by atoms with Gasteiger partial charge in [-0.2, -0.15) is 0 Å². The van der Waals surface area contributed by atoms with Crippen molar-refractivity contribution in [2.45, 2.75) is 101 Å². The summed E-state index contributed by atoms with van der Waals surface area (Å²) >= 11 is -1.26. The van der Waals surface area contributed by atoms with Crippen LogP contribution in [-0.2, 0) is 38.9 Å². The fourth-order valence-electron chi connectivity index (χ4n) is 6.57.